The zero-order valence-electron chi connectivity index (χ0n) is 10.4. The van der Waals surface area contributed by atoms with Crippen molar-refractivity contribution in [2.24, 2.45) is 11.8 Å². The summed E-state index contributed by atoms with van der Waals surface area (Å²) in [6.45, 7) is 2.34. The highest BCUT2D eigenvalue weighted by molar-refractivity contribution is 14.1. The number of carbonyl (C=O) groups excluding carboxylic acids is 1. The molecule has 4 atom stereocenters. The molecule has 3 rings (SSSR count). The molecule has 0 N–H and O–H groups in total. The van der Waals surface area contributed by atoms with Crippen LogP contribution < -0.4 is 0 Å². The van der Waals surface area contributed by atoms with Crippen LogP contribution in [0.1, 0.15) is 26.2 Å². The first-order valence-electron chi connectivity index (χ1n) is 6.48. The van der Waals surface area contributed by atoms with Gasteiger partial charge in [0.05, 0.1) is 0 Å². The lowest BCUT2D eigenvalue weighted by atomic mass is 9.81. The molecule has 18 heavy (non-hydrogen) atoms. The van der Waals surface area contributed by atoms with Gasteiger partial charge in [-0.05, 0) is 30.9 Å². The van der Waals surface area contributed by atoms with E-state index in [1.165, 1.54) is 11.3 Å². The van der Waals surface area contributed by atoms with Crippen molar-refractivity contribution in [3.63, 3.8) is 0 Å². The molecule has 0 radical (unpaired) electrons. The number of alkyl halides is 1. The van der Waals surface area contributed by atoms with Crippen LogP contribution in [0.25, 0.3) is 0 Å². The average Bonchev–Trinajstić information content (AvgIpc) is 2.51. The molecule has 1 aromatic rings. The van der Waals surface area contributed by atoms with Crippen LogP contribution in [0.2, 0.25) is 0 Å². The standard InChI is InChI=1S/C15H17IOS/c1-15(18-11-5-3-2-4-6-11)8-10-7-13(17)12(9-15)14(10)16/h2-6,10,12,14H,7-9H2,1H3/t10-,12-,14+,15+/m1/s1. The van der Waals surface area contributed by atoms with Crippen molar-refractivity contribution in [1.29, 1.82) is 0 Å². The quantitative estimate of drug-likeness (QED) is 0.568. The first kappa shape index (κ1) is 13.0. The van der Waals surface area contributed by atoms with Crippen molar-refractivity contribution in [3.8, 4) is 0 Å². The minimum absolute atomic E-state index is 0.241. The van der Waals surface area contributed by atoms with Gasteiger partial charge in [0.25, 0.3) is 0 Å². The second kappa shape index (κ2) is 4.82. The molecule has 0 amide bonds. The summed E-state index contributed by atoms with van der Waals surface area (Å²) < 4.78 is 0.824. The Morgan fingerprint density at radius 2 is 2.00 bits per heavy atom. The molecular formula is C15H17IOS. The maximum Gasteiger partial charge on any atom is 0.137 e. The summed E-state index contributed by atoms with van der Waals surface area (Å²) in [6.07, 6.45) is 3.06. The van der Waals surface area contributed by atoms with Crippen LogP contribution >= 0.6 is 34.4 Å². The van der Waals surface area contributed by atoms with Gasteiger partial charge in [0.15, 0.2) is 0 Å². The molecule has 0 saturated heterocycles. The predicted octanol–water partition coefficient (Wildman–Crippen LogP) is 4.34. The highest BCUT2D eigenvalue weighted by Gasteiger charge is 2.51. The fraction of sp³-hybridized carbons (Fsp3) is 0.533. The highest BCUT2D eigenvalue weighted by atomic mass is 127. The molecule has 2 aliphatic rings. The van der Waals surface area contributed by atoms with Gasteiger partial charge >= 0.3 is 0 Å². The zero-order valence-corrected chi connectivity index (χ0v) is 13.4. The lowest BCUT2D eigenvalue weighted by Gasteiger charge is -2.39. The Labute approximate surface area is 126 Å². The van der Waals surface area contributed by atoms with E-state index in [4.69, 9.17) is 0 Å². The summed E-state index contributed by atoms with van der Waals surface area (Å²) in [5.74, 6) is 1.43. The van der Waals surface area contributed by atoms with Crippen molar-refractivity contribution < 1.29 is 4.79 Å². The number of rotatable bonds is 2. The van der Waals surface area contributed by atoms with Gasteiger partial charge in [0.1, 0.15) is 5.78 Å². The van der Waals surface area contributed by atoms with Crippen LogP contribution in [-0.4, -0.2) is 14.5 Å². The van der Waals surface area contributed by atoms with Crippen LogP contribution in [0, 0.1) is 11.8 Å². The van der Waals surface area contributed by atoms with E-state index in [1.807, 2.05) is 11.8 Å². The molecule has 2 bridgehead atoms. The molecule has 0 spiro atoms. The lowest BCUT2D eigenvalue weighted by molar-refractivity contribution is -0.120. The van der Waals surface area contributed by atoms with Crippen LogP contribution in [0.5, 0.6) is 0 Å². The fourth-order valence-electron chi connectivity index (χ4n) is 3.40. The summed E-state index contributed by atoms with van der Waals surface area (Å²) >= 11 is 4.47. The third-order valence-corrected chi connectivity index (χ3v) is 7.38. The van der Waals surface area contributed by atoms with Crippen LogP contribution in [0.4, 0.5) is 0 Å². The molecule has 3 heteroatoms. The molecule has 0 heterocycles. The molecule has 2 saturated carbocycles. The van der Waals surface area contributed by atoms with Gasteiger partial charge in [-0.2, -0.15) is 0 Å². The molecule has 96 valence electrons. The minimum atomic E-state index is 0.241. The second-order valence-electron chi connectivity index (χ2n) is 5.75. The molecular weight excluding hydrogens is 355 g/mol. The van der Waals surface area contributed by atoms with E-state index in [9.17, 15) is 4.79 Å². The highest BCUT2D eigenvalue weighted by Crippen LogP contribution is 2.54. The number of benzene rings is 1. The molecule has 0 aliphatic heterocycles. The Hall–Kier alpha value is -0.0300. The fourth-order valence-corrected chi connectivity index (χ4v) is 5.99. The molecule has 1 aromatic carbocycles. The van der Waals surface area contributed by atoms with Crippen molar-refractivity contribution >= 4 is 40.1 Å². The maximum atomic E-state index is 12.0. The summed E-state index contributed by atoms with van der Waals surface area (Å²) in [7, 11) is 0. The molecule has 0 aromatic heterocycles. The SMILES string of the molecule is C[C@]1(Sc2ccccc2)C[C@H]2CC(=O)[C@@H](C1)[C@H]2I. The first-order valence-corrected chi connectivity index (χ1v) is 8.54. The monoisotopic (exact) mass is 372 g/mol. The smallest absolute Gasteiger partial charge is 0.137 e. The number of ketones is 1. The first-order chi connectivity index (χ1) is 8.57. The van der Waals surface area contributed by atoms with E-state index in [0.29, 0.717) is 21.5 Å². The van der Waals surface area contributed by atoms with E-state index in [-0.39, 0.29) is 4.75 Å². The van der Waals surface area contributed by atoms with Gasteiger partial charge < -0.3 is 0 Å². The number of hydrogen-bond acceptors (Lipinski definition) is 2. The Morgan fingerprint density at radius 1 is 1.28 bits per heavy atom. The lowest BCUT2D eigenvalue weighted by Crippen LogP contribution is -2.37. The molecule has 2 fully saturated rings. The van der Waals surface area contributed by atoms with Crippen LogP contribution in [0.3, 0.4) is 0 Å². The molecule has 1 nitrogen and oxygen atoms in total. The molecule has 0 unspecified atom stereocenters. The Morgan fingerprint density at radius 3 is 2.67 bits per heavy atom. The van der Waals surface area contributed by atoms with Gasteiger partial charge in [-0.1, -0.05) is 47.7 Å². The topological polar surface area (TPSA) is 17.1 Å². The summed E-state index contributed by atoms with van der Waals surface area (Å²) in [4.78, 5) is 13.3. The maximum absolute atomic E-state index is 12.0. The number of thioether (sulfide) groups is 1. The average molecular weight is 372 g/mol. The van der Waals surface area contributed by atoms with Gasteiger partial charge in [0, 0.05) is 25.9 Å². The second-order valence-corrected chi connectivity index (χ2v) is 8.85. The Bertz CT molecular complexity index is 461. The molecule has 2 aliphatic carbocycles. The van der Waals surface area contributed by atoms with E-state index in [1.54, 1.807) is 0 Å². The third kappa shape index (κ3) is 2.36. The van der Waals surface area contributed by atoms with Crippen LogP contribution in [0.15, 0.2) is 35.2 Å². The van der Waals surface area contributed by atoms with E-state index in [2.05, 4.69) is 59.8 Å². The Balaban J connectivity index is 1.79. The number of carbonyl (C=O) groups is 1. The van der Waals surface area contributed by atoms with Gasteiger partial charge in [-0.3, -0.25) is 4.79 Å². The van der Waals surface area contributed by atoms with E-state index >= 15 is 0 Å². The predicted molar refractivity (Wildman–Crippen MR) is 84.4 cm³/mol. The van der Waals surface area contributed by atoms with Crippen molar-refractivity contribution in [3.05, 3.63) is 30.3 Å². The Kier molecular flexibility index (Phi) is 3.47. The summed E-state index contributed by atoms with van der Waals surface area (Å²) in [5, 5.41) is 0. The largest absolute Gasteiger partial charge is 0.299 e. The number of halogens is 1. The van der Waals surface area contributed by atoms with E-state index < -0.39 is 0 Å². The van der Waals surface area contributed by atoms with Gasteiger partial charge in [-0.25, -0.2) is 0 Å². The van der Waals surface area contributed by atoms with Gasteiger partial charge in [0.2, 0.25) is 0 Å². The normalized spacial score (nSPS) is 39.0. The van der Waals surface area contributed by atoms with Crippen molar-refractivity contribution in [2.75, 3.05) is 0 Å². The minimum Gasteiger partial charge on any atom is -0.299 e. The number of fused-ring (bicyclic) bond motifs is 2. The zero-order chi connectivity index (χ0) is 12.8. The van der Waals surface area contributed by atoms with E-state index in [0.717, 1.165) is 12.8 Å². The van der Waals surface area contributed by atoms with Gasteiger partial charge in [-0.15, -0.1) is 11.8 Å². The van der Waals surface area contributed by atoms with Crippen LogP contribution in [-0.2, 0) is 4.79 Å². The number of hydrogen-bond donors (Lipinski definition) is 0. The number of Topliss-reactive ketones (excluding diaryl/α,β-unsaturated/α-hetero) is 1. The summed E-state index contributed by atoms with van der Waals surface area (Å²) in [6, 6.07) is 10.6. The third-order valence-electron chi connectivity index (χ3n) is 4.16. The van der Waals surface area contributed by atoms with Crippen molar-refractivity contribution in [2.45, 2.75) is 39.8 Å². The summed E-state index contributed by atoms with van der Waals surface area (Å²) in [5.41, 5.74) is 0. The van der Waals surface area contributed by atoms with Crippen molar-refractivity contribution in [1.82, 2.24) is 0 Å².